The lowest BCUT2D eigenvalue weighted by Crippen LogP contribution is -2.24. The van der Waals surface area contributed by atoms with Gasteiger partial charge in [0.15, 0.2) is 0 Å². The van der Waals surface area contributed by atoms with Crippen molar-refractivity contribution < 1.29 is 18.3 Å². The summed E-state index contributed by atoms with van der Waals surface area (Å²) in [6, 6.07) is 9.42. The van der Waals surface area contributed by atoms with Gasteiger partial charge in [-0.15, -0.1) is 0 Å². The van der Waals surface area contributed by atoms with Crippen molar-refractivity contribution in [3.8, 4) is 16.9 Å². The van der Waals surface area contributed by atoms with Gasteiger partial charge in [-0.3, -0.25) is 14.5 Å². The molecule has 0 N–H and O–H groups in total. The topological polar surface area (TPSA) is 60.2 Å². The Hall–Kier alpha value is -3.81. The van der Waals surface area contributed by atoms with Crippen LogP contribution >= 0.6 is 0 Å². The molecule has 3 heterocycles. The molecule has 2 aromatic heterocycles. The number of hydrogen-bond donors (Lipinski definition) is 0. The lowest BCUT2D eigenvalue weighted by atomic mass is 9.99. The van der Waals surface area contributed by atoms with Crippen LogP contribution in [0.15, 0.2) is 48.8 Å². The number of amides is 1. The average molecular weight is 420 g/mol. The number of nitrogens with zero attached hydrogens (tertiary/aromatic N) is 4. The van der Waals surface area contributed by atoms with E-state index in [4.69, 9.17) is 4.74 Å². The Morgan fingerprint density at radius 3 is 2.61 bits per heavy atom. The molecule has 0 fully saturated rings. The maximum absolute atomic E-state index is 15.0. The summed E-state index contributed by atoms with van der Waals surface area (Å²) in [7, 11) is 3.34. The van der Waals surface area contributed by atoms with Gasteiger partial charge in [-0.1, -0.05) is 0 Å². The van der Waals surface area contributed by atoms with E-state index in [1.54, 1.807) is 55.5 Å². The Kier molecular flexibility index (Phi) is 4.43. The average Bonchev–Trinajstić information content (AvgIpc) is 3.30. The highest BCUT2D eigenvalue weighted by Gasteiger charge is 2.29. The number of benzene rings is 2. The number of aromatic nitrogens is 3. The third-order valence-electron chi connectivity index (χ3n) is 5.63. The van der Waals surface area contributed by atoms with Gasteiger partial charge in [-0.25, -0.2) is 8.78 Å². The number of rotatable bonds is 4. The van der Waals surface area contributed by atoms with Crippen LogP contribution in [0.3, 0.4) is 0 Å². The molecule has 0 saturated carbocycles. The fourth-order valence-electron chi connectivity index (χ4n) is 4.08. The second-order valence-electron chi connectivity index (χ2n) is 7.42. The number of carbonyl (C=O) groups is 1. The normalized spacial score (nSPS) is 13.2. The van der Waals surface area contributed by atoms with Gasteiger partial charge < -0.3 is 9.64 Å². The molecular formula is C23H18F2N4O2. The van der Waals surface area contributed by atoms with Crippen molar-refractivity contribution in [1.82, 2.24) is 19.7 Å². The van der Waals surface area contributed by atoms with Gasteiger partial charge in [0.1, 0.15) is 22.9 Å². The smallest absolute Gasteiger partial charge is 0.256 e. The minimum absolute atomic E-state index is 0.152. The second-order valence-corrected chi connectivity index (χ2v) is 7.42. The summed E-state index contributed by atoms with van der Waals surface area (Å²) < 4.78 is 37.1. The van der Waals surface area contributed by atoms with Crippen LogP contribution < -0.4 is 4.74 Å². The first-order chi connectivity index (χ1) is 15.0. The number of carbonyl (C=O) groups excluding carboxylic acids is 1. The van der Waals surface area contributed by atoms with Crippen molar-refractivity contribution in [3.63, 3.8) is 0 Å². The summed E-state index contributed by atoms with van der Waals surface area (Å²) in [6.45, 7) is 0.0580. The van der Waals surface area contributed by atoms with Crippen LogP contribution in [0.4, 0.5) is 8.78 Å². The zero-order valence-corrected chi connectivity index (χ0v) is 16.9. The fourth-order valence-corrected chi connectivity index (χ4v) is 4.08. The minimum Gasteiger partial charge on any atom is -0.494 e. The maximum Gasteiger partial charge on any atom is 0.256 e. The van der Waals surface area contributed by atoms with E-state index >= 15 is 8.78 Å². The van der Waals surface area contributed by atoms with Gasteiger partial charge in [0.2, 0.25) is 0 Å². The van der Waals surface area contributed by atoms with Crippen LogP contribution in [0.1, 0.15) is 21.6 Å². The second kappa shape index (κ2) is 7.16. The van der Waals surface area contributed by atoms with E-state index in [1.807, 2.05) is 0 Å². The van der Waals surface area contributed by atoms with Crippen LogP contribution in [0, 0.1) is 11.6 Å². The molecule has 31 heavy (non-hydrogen) atoms. The number of halogens is 2. The summed E-state index contributed by atoms with van der Waals surface area (Å²) in [5.41, 5.74) is 2.69. The lowest BCUT2D eigenvalue weighted by molar-refractivity contribution is 0.0763. The molecule has 0 unspecified atom stereocenters. The summed E-state index contributed by atoms with van der Waals surface area (Å²) in [5, 5.41) is 4.98. The molecular weight excluding hydrogens is 402 g/mol. The minimum atomic E-state index is -0.709. The van der Waals surface area contributed by atoms with Gasteiger partial charge >= 0.3 is 0 Å². The monoisotopic (exact) mass is 420 g/mol. The van der Waals surface area contributed by atoms with Crippen molar-refractivity contribution in [3.05, 3.63) is 77.2 Å². The number of ether oxygens (including phenoxy) is 1. The van der Waals surface area contributed by atoms with E-state index in [1.165, 1.54) is 17.0 Å². The zero-order valence-electron chi connectivity index (χ0n) is 16.9. The Balaban J connectivity index is 1.51. The van der Waals surface area contributed by atoms with Gasteiger partial charge in [0.05, 0.1) is 37.7 Å². The maximum atomic E-state index is 15.0. The molecule has 1 aliphatic heterocycles. The van der Waals surface area contributed by atoms with Crippen molar-refractivity contribution in [1.29, 1.82) is 0 Å². The van der Waals surface area contributed by atoms with Crippen LogP contribution in [-0.2, 0) is 20.1 Å². The predicted molar refractivity (Wildman–Crippen MR) is 110 cm³/mol. The molecule has 0 atom stereocenters. The van der Waals surface area contributed by atoms with Crippen molar-refractivity contribution >= 4 is 16.8 Å². The molecule has 156 valence electrons. The van der Waals surface area contributed by atoms with Gasteiger partial charge in [-0.05, 0) is 47.5 Å². The van der Waals surface area contributed by atoms with E-state index in [0.717, 1.165) is 10.9 Å². The summed E-state index contributed by atoms with van der Waals surface area (Å²) in [4.78, 5) is 18.1. The molecule has 2 aromatic carbocycles. The number of methoxy groups -OCH3 is 1. The van der Waals surface area contributed by atoms with Crippen molar-refractivity contribution in [2.75, 3.05) is 7.11 Å². The first-order valence-electron chi connectivity index (χ1n) is 9.68. The van der Waals surface area contributed by atoms with Gasteiger partial charge in [0.25, 0.3) is 5.91 Å². The molecule has 6 nitrogen and oxygen atoms in total. The Bertz CT molecular complexity index is 1330. The third-order valence-corrected chi connectivity index (χ3v) is 5.63. The highest BCUT2D eigenvalue weighted by atomic mass is 19.1. The predicted octanol–water partition coefficient (Wildman–Crippen LogP) is 4.08. The standard InChI is InChI=1S/C23H18F2N4O2/c1-28-22-16(10-27-28)14(5-6-21(22)31-2)13-8-18(24)17(19(25)9-13)11-29-12-20-15(23(29)30)4-3-7-26-20/h3-10H,11-12H2,1-2H3. The van der Waals surface area contributed by atoms with Crippen LogP contribution in [-0.4, -0.2) is 32.7 Å². The molecule has 5 rings (SSSR count). The molecule has 0 radical (unpaired) electrons. The molecule has 1 amide bonds. The molecule has 0 bridgehead atoms. The zero-order chi connectivity index (χ0) is 21.7. The molecule has 4 aromatic rings. The van der Waals surface area contributed by atoms with Gasteiger partial charge in [0, 0.05) is 24.2 Å². The van der Waals surface area contributed by atoms with E-state index in [0.29, 0.717) is 28.1 Å². The van der Waals surface area contributed by atoms with E-state index in [-0.39, 0.29) is 24.6 Å². The largest absolute Gasteiger partial charge is 0.494 e. The number of fused-ring (bicyclic) bond motifs is 2. The van der Waals surface area contributed by atoms with Crippen LogP contribution in [0.5, 0.6) is 5.75 Å². The first-order valence-corrected chi connectivity index (χ1v) is 9.68. The third kappa shape index (κ3) is 3.02. The summed E-state index contributed by atoms with van der Waals surface area (Å²) in [5.74, 6) is -1.07. The Morgan fingerprint density at radius 2 is 1.90 bits per heavy atom. The van der Waals surface area contributed by atoms with Crippen molar-refractivity contribution in [2.45, 2.75) is 13.1 Å². The molecule has 0 saturated heterocycles. The molecule has 1 aliphatic rings. The Morgan fingerprint density at radius 1 is 1.13 bits per heavy atom. The first kappa shape index (κ1) is 19.2. The molecule has 8 heteroatoms. The number of pyridine rings is 1. The molecule has 0 aliphatic carbocycles. The number of hydrogen-bond acceptors (Lipinski definition) is 4. The lowest BCUT2D eigenvalue weighted by Gasteiger charge is -2.17. The van der Waals surface area contributed by atoms with Gasteiger partial charge in [-0.2, -0.15) is 5.10 Å². The molecule has 0 spiro atoms. The van der Waals surface area contributed by atoms with Crippen molar-refractivity contribution in [2.24, 2.45) is 7.05 Å². The quantitative estimate of drug-likeness (QED) is 0.499. The fraction of sp³-hybridized carbons (Fsp3) is 0.174. The highest BCUT2D eigenvalue weighted by Crippen LogP contribution is 2.35. The highest BCUT2D eigenvalue weighted by molar-refractivity contribution is 5.98. The van der Waals surface area contributed by atoms with E-state index < -0.39 is 11.6 Å². The van der Waals surface area contributed by atoms with Crippen LogP contribution in [0.2, 0.25) is 0 Å². The number of aryl methyl sites for hydroxylation is 1. The SMILES string of the molecule is COc1ccc(-c2cc(F)c(CN3Cc4ncccc4C3=O)c(F)c2)c2cnn(C)c12. The summed E-state index contributed by atoms with van der Waals surface area (Å²) >= 11 is 0. The summed E-state index contributed by atoms with van der Waals surface area (Å²) in [6.07, 6.45) is 3.24. The van der Waals surface area contributed by atoms with E-state index in [9.17, 15) is 4.79 Å². The van der Waals surface area contributed by atoms with E-state index in [2.05, 4.69) is 10.1 Å². The van der Waals surface area contributed by atoms with Crippen LogP contribution in [0.25, 0.3) is 22.0 Å². The Labute approximate surface area is 176 Å².